The molecule has 2 aromatic rings. The van der Waals surface area contributed by atoms with E-state index in [0.717, 1.165) is 25.7 Å². The lowest BCUT2D eigenvalue weighted by molar-refractivity contribution is -0.124. The molecule has 1 aromatic heterocycles. The number of aromatic carboxylic acids is 1. The minimum absolute atomic E-state index is 0.133. The predicted octanol–water partition coefficient (Wildman–Crippen LogP) is 3.90. The van der Waals surface area contributed by atoms with Crippen molar-refractivity contribution in [3.63, 3.8) is 0 Å². The third kappa shape index (κ3) is 4.54. The number of esters is 1. The number of fused-ring (bicyclic) bond motifs is 1. The Morgan fingerprint density at radius 3 is 2.52 bits per heavy atom. The van der Waals surface area contributed by atoms with Gasteiger partial charge in [-0.05, 0) is 68.0 Å². The number of hydrogen-bond donors (Lipinski definition) is 2. The van der Waals surface area contributed by atoms with Gasteiger partial charge in [-0.1, -0.05) is 6.92 Å². The van der Waals surface area contributed by atoms with Gasteiger partial charge in [-0.15, -0.1) is 11.3 Å². The lowest BCUT2D eigenvalue weighted by atomic mass is 9.99. The Labute approximate surface area is 161 Å². The maximum absolute atomic E-state index is 12.5. The molecule has 1 unspecified atom stereocenters. The van der Waals surface area contributed by atoms with E-state index in [1.54, 1.807) is 6.92 Å². The Kier molecular flexibility index (Phi) is 5.91. The molecule has 0 fully saturated rings. The monoisotopic (exact) mass is 387 g/mol. The van der Waals surface area contributed by atoms with E-state index in [0.29, 0.717) is 17.0 Å². The number of ether oxygens (including phenoxy) is 1. The number of carboxylic acids is 1. The number of nitrogens with one attached hydrogen (secondary N) is 1. The molecule has 1 atom stereocenters. The van der Waals surface area contributed by atoms with Crippen molar-refractivity contribution in [3.05, 3.63) is 51.2 Å². The number of aryl methyl sites for hydroxylation is 2. The smallest absolute Gasteiger partial charge is 0.349 e. The Morgan fingerprint density at radius 1 is 1.19 bits per heavy atom. The molecule has 0 saturated heterocycles. The van der Waals surface area contributed by atoms with Crippen molar-refractivity contribution in [1.82, 2.24) is 0 Å². The van der Waals surface area contributed by atoms with E-state index in [1.165, 1.54) is 46.0 Å². The Hall–Kier alpha value is -2.67. The molecule has 27 heavy (non-hydrogen) atoms. The van der Waals surface area contributed by atoms with Gasteiger partial charge >= 0.3 is 11.9 Å². The minimum atomic E-state index is -1.04. The van der Waals surface area contributed by atoms with E-state index in [-0.39, 0.29) is 5.56 Å². The number of thiophene rings is 1. The van der Waals surface area contributed by atoms with Crippen LogP contribution < -0.4 is 5.32 Å². The zero-order valence-corrected chi connectivity index (χ0v) is 15.8. The Morgan fingerprint density at radius 2 is 1.89 bits per heavy atom. The van der Waals surface area contributed by atoms with Gasteiger partial charge < -0.3 is 15.2 Å². The lowest BCUT2D eigenvalue weighted by Gasteiger charge is -2.15. The van der Waals surface area contributed by atoms with Crippen molar-refractivity contribution >= 4 is 34.9 Å². The van der Waals surface area contributed by atoms with Crippen molar-refractivity contribution in [2.24, 2.45) is 0 Å². The highest BCUT2D eigenvalue weighted by molar-refractivity contribution is 7.14. The molecule has 6 nitrogen and oxygen atoms in total. The van der Waals surface area contributed by atoms with Crippen LogP contribution in [0.4, 0.5) is 5.69 Å². The van der Waals surface area contributed by atoms with Gasteiger partial charge in [-0.25, -0.2) is 9.59 Å². The number of anilines is 1. The van der Waals surface area contributed by atoms with Crippen LogP contribution in [-0.4, -0.2) is 29.1 Å². The number of carbonyl (C=O) groups is 3. The molecular formula is C20H21NO5S. The summed E-state index contributed by atoms with van der Waals surface area (Å²) in [6, 6.07) is 7.70. The highest BCUT2D eigenvalue weighted by Crippen LogP contribution is 2.30. The first-order chi connectivity index (χ1) is 13.0. The molecule has 1 aliphatic rings. The van der Waals surface area contributed by atoms with Gasteiger partial charge in [0.05, 0.1) is 5.56 Å². The van der Waals surface area contributed by atoms with Crippen LogP contribution in [0.15, 0.2) is 30.3 Å². The summed E-state index contributed by atoms with van der Waals surface area (Å²) in [7, 11) is 0. The molecule has 142 valence electrons. The van der Waals surface area contributed by atoms with Gasteiger partial charge in [0.15, 0.2) is 6.10 Å². The average Bonchev–Trinajstić information content (AvgIpc) is 3.10. The third-order valence-corrected chi connectivity index (χ3v) is 5.73. The molecule has 1 aromatic carbocycles. The third-order valence-electron chi connectivity index (χ3n) is 4.51. The summed E-state index contributed by atoms with van der Waals surface area (Å²) in [5.74, 6) is -1.94. The fraction of sp³-hybridized carbons (Fsp3) is 0.350. The standard InChI is InChI=1S/C20H21NO5S/c1-2-15(18(22)21-14-9-7-12(8-10-14)19(23)24)26-20(25)17-11-13-5-3-4-6-16(13)27-17/h7-11,15H,2-6H2,1H3,(H,21,22)(H,23,24). The van der Waals surface area contributed by atoms with Gasteiger partial charge in [0, 0.05) is 10.6 Å². The number of amides is 1. The molecule has 1 aliphatic carbocycles. The van der Waals surface area contributed by atoms with Crippen LogP contribution in [0, 0.1) is 0 Å². The topological polar surface area (TPSA) is 92.7 Å². The molecule has 7 heteroatoms. The summed E-state index contributed by atoms with van der Waals surface area (Å²) < 4.78 is 5.42. The molecular weight excluding hydrogens is 366 g/mol. The molecule has 1 heterocycles. The quantitative estimate of drug-likeness (QED) is 0.734. The van der Waals surface area contributed by atoms with Gasteiger partial charge in [-0.3, -0.25) is 4.79 Å². The first-order valence-corrected chi connectivity index (χ1v) is 9.76. The van der Waals surface area contributed by atoms with Gasteiger partial charge in [0.25, 0.3) is 5.91 Å². The van der Waals surface area contributed by atoms with Crippen LogP contribution >= 0.6 is 11.3 Å². The Balaban J connectivity index is 1.63. The largest absolute Gasteiger partial charge is 0.478 e. The second-order valence-electron chi connectivity index (χ2n) is 6.44. The number of rotatable bonds is 6. The van der Waals surface area contributed by atoms with Crippen LogP contribution in [0.25, 0.3) is 0 Å². The summed E-state index contributed by atoms with van der Waals surface area (Å²) in [6.07, 6.45) is 3.70. The van der Waals surface area contributed by atoms with Gasteiger partial charge in [0.2, 0.25) is 0 Å². The van der Waals surface area contributed by atoms with E-state index in [4.69, 9.17) is 9.84 Å². The second kappa shape index (κ2) is 8.35. The molecule has 0 spiro atoms. The predicted molar refractivity (Wildman–Crippen MR) is 102 cm³/mol. The lowest BCUT2D eigenvalue weighted by Crippen LogP contribution is -2.31. The summed E-state index contributed by atoms with van der Waals surface area (Å²) in [4.78, 5) is 37.5. The number of hydrogen-bond acceptors (Lipinski definition) is 5. The molecule has 0 radical (unpaired) electrons. The van der Waals surface area contributed by atoms with E-state index in [9.17, 15) is 14.4 Å². The van der Waals surface area contributed by atoms with Crippen molar-refractivity contribution in [3.8, 4) is 0 Å². The normalized spacial score (nSPS) is 14.1. The number of benzene rings is 1. The molecule has 0 bridgehead atoms. The van der Waals surface area contributed by atoms with Gasteiger partial charge in [0.1, 0.15) is 4.88 Å². The van der Waals surface area contributed by atoms with E-state index in [2.05, 4.69) is 5.32 Å². The zero-order chi connectivity index (χ0) is 19.4. The van der Waals surface area contributed by atoms with Crippen LogP contribution in [0.2, 0.25) is 0 Å². The fourth-order valence-corrected chi connectivity index (χ4v) is 4.16. The summed E-state index contributed by atoms with van der Waals surface area (Å²) in [5, 5.41) is 11.6. The van der Waals surface area contributed by atoms with Crippen LogP contribution in [-0.2, 0) is 22.4 Å². The van der Waals surface area contributed by atoms with Crippen molar-refractivity contribution < 1.29 is 24.2 Å². The fourth-order valence-electron chi connectivity index (χ4n) is 3.02. The first kappa shape index (κ1) is 19.1. The first-order valence-electron chi connectivity index (χ1n) is 8.94. The highest BCUT2D eigenvalue weighted by Gasteiger charge is 2.24. The van der Waals surface area contributed by atoms with Crippen LogP contribution in [0.5, 0.6) is 0 Å². The summed E-state index contributed by atoms with van der Waals surface area (Å²) in [6.45, 7) is 1.77. The van der Waals surface area contributed by atoms with Crippen molar-refractivity contribution in [2.45, 2.75) is 45.1 Å². The van der Waals surface area contributed by atoms with Crippen LogP contribution in [0.1, 0.15) is 56.7 Å². The van der Waals surface area contributed by atoms with Crippen LogP contribution in [0.3, 0.4) is 0 Å². The SMILES string of the molecule is CCC(OC(=O)c1cc2c(s1)CCCC2)C(=O)Nc1ccc(C(=O)O)cc1. The molecule has 2 N–H and O–H groups in total. The number of carboxylic acid groups (broad SMARTS) is 1. The summed E-state index contributed by atoms with van der Waals surface area (Å²) in [5.41, 5.74) is 1.80. The van der Waals surface area contributed by atoms with E-state index in [1.807, 2.05) is 6.07 Å². The number of carbonyl (C=O) groups excluding carboxylic acids is 2. The maximum Gasteiger partial charge on any atom is 0.349 e. The molecule has 1 amide bonds. The minimum Gasteiger partial charge on any atom is -0.478 e. The molecule has 0 saturated carbocycles. The highest BCUT2D eigenvalue weighted by atomic mass is 32.1. The van der Waals surface area contributed by atoms with E-state index < -0.39 is 23.9 Å². The Bertz CT molecular complexity index is 832. The zero-order valence-electron chi connectivity index (χ0n) is 15.0. The maximum atomic E-state index is 12.5. The van der Waals surface area contributed by atoms with Gasteiger partial charge in [-0.2, -0.15) is 0 Å². The van der Waals surface area contributed by atoms with Crippen molar-refractivity contribution in [2.75, 3.05) is 5.32 Å². The van der Waals surface area contributed by atoms with Crippen molar-refractivity contribution in [1.29, 1.82) is 0 Å². The molecule has 3 rings (SSSR count). The second-order valence-corrected chi connectivity index (χ2v) is 7.58. The van der Waals surface area contributed by atoms with E-state index >= 15 is 0 Å². The summed E-state index contributed by atoms with van der Waals surface area (Å²) >= 11 is 1.45. The molecule has 0 aliphatic heterocycles. The average molecular weight is 387 g/mol.